The third-order valence-electron chi connectivity index (χ3n) is 3.51. The van der Waals surface area contributed by atoms with E-state index in [1.54, 1.807) is 0 Å². The zero-order valence-corrected chi connectivity index (χ0v) is 17.8. The molecule has 0 aliphatic rings. The molecule has 2 aromatic rings. The van der Waals surface area contributed by atoms with Gasteiger partial charge in [0.05, 0.1) is 4.92 Å². The normalized spacial score (nSPS) is 11.6. The summed E-state index contributed by atoms with van der Waals surface area (Å²) in [5.41, 5.74) is -2.16. The minimum absolute atomic E-state index is 0.269. The maximum absolute atomic E-state index is 13.2. The predicted molar refractivity (Wildman–Crippen MR) is 104 cm³/mol. The van der Waals surface area contributed by atoms with Gasteiger partial charge >= 0.3 is 17.2 Å². The Kier molecular flexibility index (Phi) is 7.12. The molecular weight excluding hydrogens is 563 g/mol. The lowest BCUT2D eigenvalue weighted by Gasteiger charge is -2.19. The Morgan fingerprint density at radius 2 is 1.77 bits per heavy atom. The first-order valence-corrected chi connectivity index (χ1v) is 10.2. The van der Waals surface area contributed by atoms with Crippen LogP contribution in [0.5, 0.6) is 11.5 Å². The predicted octanol–water partition coefficient (Wildman–Crippen LogP) is 2.42. The largest absolute Gasteiger partial charge is 0.743 e. The number of benzene rings is 2. The van der Waals surface area contributed by atoms with Crippen molar-refractivity contribution in [2.75, 3.05) is 6.61 Å². The van der Waals surface area contributed by atoms with E-state index in [0.29, 0.717) is 15.7 Å². The second kappa shape index (κ2) is 9.06. The monoisotopic (exact) mass is 572 g/mol. The van der Waals surface area contributed by atoms with Crippen LogP contribution in [0, 0.1) is 13.7 Å². The number of aromatic hydroxyl groups is 1. The minimum atomic E-state index is -6.16. The number of hydrogen-bond acceptors (Lipinski definition) is 10. The summed E-state index contributed by atoms with van der Waals surface area (Å²) in [6.07, 6.45) is 0. The zero-order chi connectivity index (χ0) is 23.6. The molecule has 166 valence electrons. The van der Waals surface area contributed by atoms with Crippen LogP contribution in [0.1, 0.15) is 20.7 Å². The Balaban J connectivity index is 2.32. The fourth-order valence-corrected chi connectivity index (χ4v) is 2.73. The number of carbonyl (C=O) groups excluding carboxylic acids is 2. The smallest absolute Gasteiger partial charge is 0.367 e. The van der Waals surface area contributed by atoms with Gasteiger partial charge < -0.3 is 19.1 Å². The first kappa shape index (κ1) is 24.4. The molecule has 2 aromatic carbocycles. The topological polar surface area (TPSA) is 173 Å². The number of phenols is 1. The molecule has 0 radical (unpaired) electrons. The number of esters is 2. The van der Waals surface area contributed by atoms with Gasteiger partial charge in [0.2, 0.25) is 0 Å². The van der Waals surface area contributed by atoms with E-state index >= 15 is 0 Å². The number of rotatable bonds is 7. The molecule has 0 atom stereocenters. The van der Waals surface area contributed by atoms with Gasteiger partial charge in [-0.1, -0.05) is 0 Å². The van der Waals surface area contributed by atoms with Gasteiger partial charge in [0, 0.05) is 15.7 Å². The molecule has 0 saturated heterocycles. The fourth-order valence-electron chi connectivity index (χ4n) is 2.03. The molecule has 0 heterocycles. The lowest BCUT2D eigenvalue weighted by atomic mass is 10.1. The molecule has 2 rings (SSSR count). The second-order valence-corrected chi connectivity index (χ2v) is 8.41. The van der Waals surface area contributed by atoms with E-state index in [0.717, 1.165) is 6.07 Å². The molecule has 0 bridgehead atoms. The number of nitrogens with zero attached hydrogens (tertiary/aromatic N) is 1. The summed E-state index contributed by atoms with van der Waals surface area (Å²) in [5.74, 6) is -3.77. The van der Waals surface area contributed by atoms with Crippen molar-refractivity contribution in [2.45, 2.75) is 5.25 Å². The van der Waals surface area contributed by atoms with Crippen molar-refractivity contribution in [1.29, 1.82) is 0 Å². The first-order valence-electron chi connectivity index (χ1n) is 7.72. The van der Waals surface area contributed by atoms with E-state index in [-0.39, 0.29) is 5.56 Å². The van der Waals surface area contributed by atoms with E-state index in [9.17, 15) is 46.6 Å². The van der Waals surface area contributed by atoms with Crippen LogP contribution in [-0.4, -0.2) is 46.8 Å². The van der Waals surface area contributed by atoms with Crippen LogP contribution in [0.25, 0.3) is 0 Å². The number of phenolic OH excluding ortho intramolecular Hbond substituents is 1. The Labute approximate surface area is 185 Å². The van der Waals surface area contributed by atoms with E-state index in [2.05, 4.69) is 4.74 Å². The summed E-state index contributed by atoms with van der Waals surface area (Å²) in [6, 6.07) is 6.20. The lowest BCUT2D eigenvalue weighted by Crippen LogP contribution is -2.34. The molecule has 11 nitrogen and oxygen atoms in total. The Morgan fingerprint density at radius 1 is 1.13 bits per heavy atom. The molecule has 31 heavy (non-hydrogen) atoms. The summed E-state index contributed by atoms with van der Waals surface area (Å²) in [5, 5.41) is 15.9. The van der Waals surface area contributed by atoms with Gasteiger partial charge in [-0.15, -0.1) is 0 Å². The first-order chi connectivity index (χ1) is 14.2. The van der Waals surface area contributed by atoms with E-state index < -0.39 is 61.6 Å². The van der Waals surface area contributed by atoms with Crippen LogP contribution in [0.3, 0.4) is 0 Å². The highest BCUT2D eigenvalue weighted by molar-refractivity contribution is 14.1. The Morgan fingerprint density at radius 3 is 2.35 bits per heavy atom. The van der Waals surface area contributed by atoms with Crippen molar-refractivity contribution in [3.63, 3.8) is 0 Å². The van der Waals surface area contributed by atoms with Gasteiger partial charge in [0.15, 0.2) is 16.7 Å². The van der Waals surface area contributed by atoms with Crippen molar-refractivity contribution >= 4 is 50.3 Å². The van der Waals surface area contributed by atoms with Gasteiger partial charge in [0.25, 0.3) is 5.69 Å². The Hall–Kier alpha value is -2.92. The number of carbonyl (C=O) groups is 2. The average molecular weight is 572 g/mol. The summed E-state index contributed by atoms with van der Waals surface area (Å²) in [6.45, 7) is -2.19. The molecule has 0 aliphatic carbocycles. The van der Waals surface area contributed by atoms with Gasteiger partial charge in [0.1, 0.15) is 22.6 Å². The summed E-state index contributed by atoms with van der Waals surface area (Å²) in [7, 11) is -6.16. The molecule has 0 saturated carbocycles. The molecule has 0 amide bonds. The quantitative estimate of drug-likeness (QED) is 0.130. The van der Waals surface area contributed by atoms with Crippen LogP contribution in [0.2, 0.25) is 0 Å². The standard InChI is InChI=1S/C16H10F2INO10S/c17-16(18,31(26,27)28)7-29-14(22)10-6-9(2-3-12(10)20(24)25)30-15(23)11-5-8(19)1-4-13(11)21/h1-6,21H,7H2,(H,26,27,28)/p-1. The summed E-state index contributed by atoms with van der Waals surface area (Å²) in [4.78, 5) is 34.2. The summed E-state index contributed by atoms with van der Waals surface area (Å²) >= 11 is 1.85. The van der Waals surface area contributed by atoms with Crippen LogP contribution in [0.15, 0.2) is 36.4 Å². The van der Waals surface area contributed by atoms with Crippen LogP contribution < -0.4 is 4.74 Å². The molecule has 0 fully saturated rings. The number of halogens is 3. The maximum atomic E-state index is 13.2. The molecule has 0 aromatic heterocycles. The zero-order valence-electron chi connectivity index (χ0n) is 14.8. The average Bonchev–Trinajstić information content (AvgIpc) is 2.66. The van der Waals surface area contributed by atoms with Crippen LogP contribution in [-0.2, 0) is 14.9 Å². The SMILES string of the molecule is O=C(Oc1ccc([N+](=O)[O-])c(C(=O)OCC(F)(F)S(=O)(=O)[O-])c1)c1cc(I)ccc1O. The number of ether oxygens (including phenoxy) is 2. The highest BCUT2D eigenvalue weighted by Gasteiger charge is 2.40. The van der Waals surface area contributed by atoms with Gasteiger partial charge in [-0.05, 0) is 46.9 Å². The molecule has 0 aliphatic heterocycles. The maximum Gasteiger partial charge on any atom is 0.367 e. The third kappa shape index (κ3) is 5.82. The van der Waals surface area contributed by atoms with Crippen LogP contribution >= 0.6 is 22.6 Å². The fraction of sp³-hybridized carbons (Fsp3) is 0.125. The van der Waals surface area contributed by atoms with Crippen molar-refractivity contribution in [3.8, 4) is 11.5 Å². The third-order valence-corrected chi connectivity index (χ3v) is 5.03. The number of nitro groups is 1. The summed E-state index contributed by atoms with van der Waals surface area (Å²) < 4.78 is 67.2. The molecule has 1 N–H and O–H groups in total. The van der Waals surface area contributed by atoms with E-state index in [1.165, 1.54) is 18.2 Å². The van der Waals surface area contributed by atoms with Crippen molar-refractivity contribution in [3.05, 3.63) is 61.2 Å². The molecule has 15 heteroatoms. The van der Waals surface area contributed by atoms with Crippen molar-refractivity contribution in [2.24, 2.45) is 0 Å². The van der Waals surface area contributed by atoms with Gasteiger partial charge in [-0.2, -0.15) is 8.78 Å². The van der Waals surface area contributed by atoms with Crippen LogP contribution in [0.4, 0.5) is 14.5 Å². The van der Waals surface area contributed by atoms with E-state index in [1.807, 2.05) is 22.6 Å². The van der Waals surface area contributed by atoms with Gasteiger partial charge in [-0.25, -0.2) is 18.0 Å². The van der Waals surface area contributed by atoms with Crippen molar-refractivity contribution in [1.82, 2.24) is 0 Å². The number of alkyl halides is 2. The Bertz CT molecular complexity index is 1170. The second-order valence-electron chi connectivity index (χ2n) is 5.65. The van der Waals surface area contributed by atoms with Crippen molar-refractivity contribution < 1.29 is 50.8 Å². The van der Waals surface area contributed by atoms with Gasteiger partial charge in [-0.3, -0.25) is 10.1 Å². The highest BCUT2D eigenvalue weighted by Crippen LogP contribution is 2.28. The molecule has 0 spiro atoms. The lowest BCUT2D eigenvalue weighted by molar-refractivity contribution is -0.385. The molecule has 0 unspecified atom stereocenters. The van der Waals surface area contributed by atoms with E-state index in [4.69, 9.17) is 4.74 Å². The highest BCUT2D eigenvalue weighted by atomic mass is 127. The number of hydrogen-bond donors (Lipinski definition) is 1. The molecular formula is C16H9F2INO10S-. The number of nitro benzene ring substituents is 1. The minimum Gasteiger partial charge on any atom is -0.743 e.